The van der Waals surface area contributed by atoms with Gasteiger partial charge in [-0.1, -0.05) is 12.8 Å². The molecule has 8 heteroatoms. The van der Waals surface area contributed by atoms with Crippen LogP contribution in [0.3, 0.4) is 0 Å². The minimum atomic E-state index is -2.81. The maximum atomic E-state index is 11.6. The third-order valence-corrected chi connectivity index (χ3v) is 8.14. The lowest BCUT2D eigenvalue weighted by atomic mass is 9.82. The summed E-state index contributed by atoms with van der Waals surface area (Å²) in [6.07, 6.45) is 8.37. The number of likely N-dealkylation sites (tertiary alicyclic amines) is 1. The van der Waals surface area contributed by atoms with Crippen LogP contribution < -0.4 is 5.32 Å². The van der Waals surface area contributed by atoms with Crippen LogP contribution in [0.2, 0.25) is 0 Å². The topological polar surface area (TPSA) is 61.8 Å². The van der Waals surface area contributed by atoms with Crippen molar-refractivity contribution in [3.63, 3.8) is 0 Å². The van der Waals surface area contributed by atoms with Crippen molar-refractivity contribution in [3.05, 3.63) is 0 Å². The van der Waals surface area contributed by atoms with Gasteiger partial charge in [0, 0.05) is 31.9 Å². The number of hydrogen-bond donors (Lipinski definition) is 1. The summed E-state index contributed by atoms with van der Waals surface area (Å²) < 4.78 is 23.3. The van der Waals surface area contributed by atoms with E-state index in [1.165, 1.54) is 25.7 Å². The van der Waals surface area contributed by atoms with Gasteiger partial charge in [0.05, 0.1) is 11.5 Å². The lowest BCUT2D eigenvalue weighted by Crippen LogP contribution is -2.41. The zero-order valence-electron chi connectivity index (χ0n) is 15.2. The number of thioether (sulfide) groups is 1. The third kappa shape index (κ3) is 6.16. The molecular formula is C17H32IN3O2S2. The molecule has 1 N–H and O–H groups in total. The molecule has 0 aromatic carbocycles. The Balaban J connectivity index is 0.00000225. The summed E-state index contributed by atoms with van der Waals surface area (Å²) in [5.41, 5.74) is 0. The number of hydrogen-bond acceptors (Lipinski definition) is 4. The van der Waals surface area contributed by atoms with E-state index in [1.807, 2.05) is 11.8 Å². The van der Waals surface area contributed by atoms with E-state index >= 15 is 0 Å². The van der Waals surface area contributed by atoms with Gasteiger partial charge in [-0.2, -0.15) is 11.8 Å². The minimum absolute atomic E-state index is 0. The Labute approximate surface area is 174 Å². The monoisotopic (exact) mass is 501 g/mol. The van der Waals surface area contributed by atoms with Crippen molar-refractivity contribution in [1.29, 1.82) is 0 Å². The highest BCUT2D eigenvalue weighted by molar-refractivity contribution is 14.0. The van der Waals surface area contributed by atoms with Crippen LogP contribution in [-0.4, -0.2) is 69.0 Å². The van der Waals surface area contributed by atoms with Crippen LogP contribution in [0.5, 0.6) is 0 Å². The predicted molar refractivity (Wildman–Crippen MR) is 118 cm³/mol. The van der Waals surface area contributed by atoms with Crippen LogP contribution in [-0.2, 0) is 9.84 Å². The first-order valence-electron chi connectivity index (χ1n) is 9.30. The smallest absolute Gasteiger partial charge is 0.193 e. The Morgan fingerprint density at radius 3 is 2.44 bits per heavy atom. The largest absolute Gasteiger partial charge is 0.355 e. The van der Waals surface area contributed by atoms with E-state index in [2.05, 4.69) is 16.5 Å². The molecule has 3 unspecified atom stereocenters. The van der Waals surface area contributed by atoms with Crippen molar-refractivity contribution in [3.8, 4) is 0 Å². The molecule has 3 aliphatic rings. The Hall–Kier alpha value is 0.300. The number of sulfone groups is 1. The first-order chi connectivity index (χ1) is 11.6. The quantitative estimate of drug-likeness (QED) is 0.272. The predicted octanol–water partition coefficient (Wildman–Crippen LogP) is 2.47. The average molecular weight is 502 g/mol. The van der Waals surface area contributed by atoms with Gasteiger partial charge in [0.25, 0.3) is 0 Å². The van der Waals surface area contributed by atoms with Gasteiger partial charge in [0.2, 0.25) is 0 Å². The molecule has 3 rings (SSSR count). The van der Waals surface area contributed by atoms with Crippen LogP contribution in [0.15, 0.2) is 4.99 Å². The van der Waals surface area contributed by atoms with Gasteiger partial charge in [-0.25, -0.2) is 8.42 Å². The van der Waals surface area contributed by atoms with Crippen LogP contribution in [0.4, 0.5) is 0 Å². The third-order valence-electron chi connectivity index (χ3n) is 5.69. The molecule has 1 saturated carbocycles. The van der Waals surface area contributed by atoms with Crippen LogP contribution in [0.25, 0.3) is 0 Å². The number of rotatable bonds is 5. The fraction of sp³-hybridized carbons (Fsp3) is 0.941. The van der Waals surface area contributed by atoms with E-state index < -0.39 is 9.84 Å². The molecule has 2 heterocycles. The summed E-state index contributed by atoms with van der Waals surface area (Å²) >= 11 is 1.83. The van der Waals surface area contributed by atoms with E-state index in [0.717, 1.165) is 49.6 Å². The number of nitrogens with zero attached hydrogens (tertiary/aromatic N) is 2. The normalized spacial score (nSPS) is 31.5. The maximum Gasteiger partial charge on any atom is 0.193 e. The molecule has 0 aromatic heterocycles. The van der Waals surface area contributed by atoms with E-state index in [-0.39, 0.29) is 29.9 Å². The molecule has 146 valence electrons. The van der Waals surface area contributed by atoms with Crippen molar-refractivity contribution in [2.24, 2.45) is 22.7 Å². The number of aliphatic imine (C=N–C) groups is 1. The van der Waals surface area contributed by atoms with Crippen LogP contribution in [0.1, 0.15) is 32.1 Å². The van der Waals surface area contributed by atoms with Crippen molar-refractivity contribution in [1.82, 2.24) is 10.2 Å². The van der Waals surface area contributed by atoms with E-state index in [1.54, 1.807) is 0 Å². The standard InChI is InChI=1S/C17H31N3O2S2.HI/c1-23-8-7-18-17(19-10-14-6-9-24(21,22)13-14)20-11-15-4-2-3-5-16(15)12-20;/h14-16H,2-13H2,1H3,(H,18,19);1H. The first kappa shape index (κ1) is 21.6. The lowest BCUT2D eigenvalue weighted by molar-refractivity contribution is 0.299. The van der Waals surface area contributed by atoms with Crippen molar-refractivity contribution < 1.29 is 8.42 Å². The van der Waals surface area contributed by atoms with Gasteiger partial charge in [-0.05, 0) is 43.3 Å². The second-order valence-electron chi connectivity index (χ2n) is 7.56. The number of guanidine groups is 1. The lowest BCUT2D eigenvalue weighted by Gasteiger charge is -2.22. The molecule has 3 fully saturated rings. The molecule has 0 radical (unpaired) electrons. The zero-order chi connectivity index (χ0) is 17.0. The van der Waals surface area contributed by atoms with Gasteiger partial charge in [-0.15, -0.1) is 24.0 Å². The average Bonchev–Trinajstić information content (AvgIpc) is 3.13. The Morgan fingerprint density at radius 1 is 1.20 bits per heavy atom. The van der Waals surface area contributed by atoms with Gasteiger partial charge in [0.1, 0.15) is 0 Å². The Bertz CT molecular complexity index is 542. The summed E-state index contributed by atoms with van der Waals surface area (Å²) in [5, 5.41) is 3.52. The molecule has 0 bridgehead atoms. The molecule has 1 aliphatic carbocycles. The highest BCUT2D eigenvalue weighted by Crippen LogP contribution is 2.36. The molecule has 0 amide bonds. The Morgan fingerprint density at radius 2 is 1.88 bits per heavy atom. The first-order valence-corrected chi connectivity index (χ1v) is 12.5. The SMILES string of the molecule is CSCCNC(=NCC1CCS(=O)(=O)C1)N1CC2CCCCC2C1.I. The minimum Gasteiger partial charge on any atom is -0.355 e. The van der Waals surface area contributed by atoms with Crippen LogP contribution in [0, 0.1) is 17.8 Å². The van der Waals surface area contributed by atoms with Gasteiger partial charge in [0.15, 0.2) is 15.8 Å². The highest BCUT2D eigenvalue weighted by Gasteiger charge is 2.36. The molecule has 3 atom stereocenters. The molecular weight excluding hydrogens is 469 g/mol. The van der Waals surface area contributed by atoms with Crippen LogP contribution >= 0.6 is 35.7 Å². The van der Waals surface area contributed by atoms with E-state index in [4.69, 9.17) is 4.99 Å². The van der Waals surface area contributed by atoms with Gasteiger partial charge < -0.3 is 10.2 Å². The molecule has 2 saturated heterocycles. The second kappa shape index (κ2) is 10.0. The zero-order valence-corrected chi connectivity index (χ0v) is 19.1. The summed E-state index contributed by atoms with van der Waals surface area (Å²) in [6, 6.07) is 0. The highest BCUT2D eigenvalue weighted by atomic mass is 127. The van der Waals surface area contributed by atoms with Crippen molar-refractivity contribution in [2.45, 2.75) is 32.1 Å². The molecule has 2 aliphatic heterocycles. The number of halogens is 1. The van der Waals surface area contributed by atoms with Crippen molar-refractivity contribution in [2.75, 3.05) is 49.7 Å². The Kier molecular flexibility index (Phi) is 8.65. The number of nitrogens with one attached hydrogen (secondary N) is 1. The molecule has 0 spiro atoms. The fourth-order valence-electron chi connectivity index (χ4n) is 4.34. The van der Waals surface area contributed by atoms with Crippen molar-refractivity contribution >= 4 is 51.5 Å². The molecule has 0 aromatic rings. The maximum absolute atomic E-state index is 11.6. The molecule has 5 nitrogen and oxygen atoms in total. The van der Waals surface area contributed by atoms with E-state index in [9.17, 15) is 8.42 Å². The van der Waals surface area contributed by atoms with Gasteiger partial charge in [-0.3, -0.25) is 4.99 Å². The number of fused-ring (bicyclic) bond motifs is 1. The van der Waals surface area contributed by atoms with Gasteiger partial charge >= 0.3 is 0 Å². The summed E-state index contributed by atoms with van der Waals surface area (Å²) in [5.74, 6) is 4.62. The van der Waals surface area contributed by atoms with E-state index in [0.29, 0.717) is 18.1 Å². The summed E-state index contributed by atoms with van der Waals surface area (Å²) in [4.78, 5) is 7.28. The summed E-state index contributed by atoms with van der Waals surface area (Å²) in [7, 11) is -2.81. The summed E-state index contributed by atoms with van der Waals surface area (Å²) in [6.45, 7) is 3.82. The molecule has 25 heavy (non-hydrogen) atoms. The second-order valence-corrected chi connectivity index (χ2v) is 10.8. The fourth-order valence-corrected chi connectivity index (χ4v) is 6.50.